The number of hydrogen-bond acceptors (Lipinski definition) is 2. The summed E-state index contributed by atoms with van der Waals surface area (Å²) >= 11 is 0. The molecule has 5 heteroatoms. The quantitative estimate of drug-likeness (QED) is 0.914. The molecule has 2 N–H and O–H groups in total. The highest BCUT2D eigenvalue weighted by atomic mass is 19.2. The van der Waals surface area contributed by atoms with E-state index in [4.69, 9.17) is 5.73 Å². The first-order valence-electron chi connectivity index (χ1n) is 6.81. The van der Waals surface area contributed by atoms with Crippen LogP contribution in [0, 0.1) is 11.6 Å². The van der Waals surface area contributed by atoms with Gasteiger partial charge in [-0.3, -0.25) is 4.68 Å². The molecule has 1 aromatic carbocycles. The Bertz CT molecular complexity index is 593. The van der Waals surface area contributed by atoms with E-state index in [1.54, 1.807) is 6.07 Å². The predicted molar refractivity (Wildman–Crippen MR) is 74.3 cm³/mol. The largest absolute Gasteiger partial charge is 0.322 e. The topological polar surface area (TPSA) is 43.8 Å². The van der Waals surface area contributed by atoms with Crippen LogP contribution in [0.1, 0.15) is 36.8 Å². The van der Waals surface area contributed by atoms with E-state index in [0.29, 0.717) is 12.0 Å². The number of nitrogens with zero attached hydrogens (tertiary/aromatic N) is 2. The van der Waals surface area contributed by atoms with Gasteiger partial charge >= 0.3 is 0 Å². The molecule has 0 aliphatic heterocycles. The van der Waals surface area contributed by atoms with Gasteiger partial charge in [0.05, 0.1) is 17.4 Å². The molecule has 0 spiro atoms. The Morgan fingerprint density at radius 2 is 1.95 bits per heavy atom. The Morgan fingerprint density at radius 1 is 1.20 bits per heavy atom. The molecular formula is C15H19F2N3. The normalized spacial score (nSPS) is 12.7. The van der Waals surface area contributed by atoms with E-state index in [-0.39, 0.29) is 6.04 Å². The molecule has 20 heavy (non-hydrogen) atoms. The lowest BCUT2D eigenvalue weighted by molar-refractivity contribution is 0.505. The zero-order chi connectivity index (χ0) is 14.7. The maximum Gasteiger partial charge on any atom is 0.159 e. The van der Waals surface area contributed by atoms with Crippen LogP contribution < -0.4 is 5.73 Å². The summed E-state index contributed by atoms with van der Waals surface area (Å²) in [7, 11) is 0. The molecule has 0 fully saturated rings. The van der Waals surface area contributed by atoms with Crippen LogP contribution in [0.25, 0.3) is 0 Å². The van der Waals surface area contributed by atoms with Gasteiger partial charge in [0.2, 0.25) is 0 Å². The van der Waals surface area contributed by atoms with E-state index < -0.39 is 11.6 Å². The minimum absolute atomic E-state index is 0.285. The Kier molecular flexibility index (Phi) is 4.49. The van der Waals surface area contributed by atoms with Crippen molar-refractivity contribution >= 4 is 0 Å². The minimum atomic E-state index is -0.840. The first-order chi connectivity index (χ1) is 9.55. The van der Waals surface area contributed by atoms with Crippen LogP contribution in [0.4, 0.5) is 8.78 Å². The molecule has 1 aromatic heterocycles. The Balaban J connectivity index is 2.20. The third-order valence-corrected chi connectivity index (χ3v) is 3.34. The molecule has 1 heterocycles. The fourth-order valence-corrected chi connectivity index (χ4v) is 2.24. The fourth-order valence-electron chi connectivity index (χ4n) is 2.24. The number of hydrogen-bond donors (Lipinski definition) is 1. The van der Waals surface area contributed by atoms with Gasteiger partial charge in [-0.1, -0.05) is 13.0 Å². The third-order valence-electron chi connectivity index (χ3n) is 3.34. The molecule has 0 amide bonds. The Morgan fingerprint density at radius 3 is 2.55 bits per heavy atom. The number of rotatable bonds is 5. The summed E-state index contributed by atoms with van der Waals surface area (Å²) in [5.74, 6) is -1.68. The van der Waals surface area contributed by atoms with Gasteiger partial charge in [0.25, 0.3) is 0 Å². The summed E-state index contributed by atoms with van der Waals surface area (Å²) in [4.78, 5) is 0. The first-order valence-corrected chi connectivity index (χ1v) is 6.81. The average molecular weight is 279 g/mol. The zero-order valence-corrected chi connectivity index (χ0v) is 11.7. The molecule has 3 nitrogen and oxygen atoms in total. The van der Waals surface area contributed by atoms with Gasteiger partial charge in [0, 0.05) is 6.54 Å². The molecule has 2 rings (SSSR count). The molecule has 108 valence electrons. The molecule has 0 aliphatic carbocycles. The number of benzene rings is 1. The molecule has 0 saturated heterocycles. The van der Waals surface area contributed by atoms with E-state index in [9.17, 15) is 8.78 Å². The summed E-state index contributed by atoms with van der Waals surface area (Å²) in [5, 5.41) is 4.44. The van der Waals surface area contributed by atoms with Crippen LogP contribution in [0.2, 0.25) is 0 Å². The number of nitrogens with two attached hydrogens (primary N) is 1. The molecule has 2 aromatic rings. The number of halogens is 2. The van der Waals surface area contributed by atoms with Crippen molar-refractivity contribution in [3.05, 3.63) is 52.9 Å². The highest BCUT2D eigenvalue weighted by Crippen LogP contribution is 2.19. The lowest BCUT2D eigenvalue weighted by Gasteiger charge is -2.13. The van der Waals surface area contributed by atoms with Gasteiger partial charge in [-0.25, -0.2) is 8.78 Å². The molecule has 0 saturated carbocycles. The van der Waals surface area contributed by atoms with Gasteiger partial charge in [-0.2, -0.15) is 5.10 Å². The molecule has 1 unspecified atom stereocenters. The third kappa shape index (κ3) is 3.04. The second-order valence-corrected chi connectivity index (χ2v) is 4.79. The number of aromatic nitrogens is 2. The van der Waals surface area contributed by atoms with Crippen molar-refractivity contribution in [1.29, 1.82) is 0 Å². The van der Waals surface area contributed by atoms with E-state index in [2.05, 4.69) is 5.10 Å². The lowest BCUT2D eigenvalue weighted by Crippen LogP contribution is -2.18. The number of aryl methyl sites for hydroxylation is 2. The Labute approximate surface area is 117 Å². The van der Waals surface area contributed by atoms with Gasteiger partial charge in [0.1, 0.15) is 0 Å². The second kappa shape index (κ2) is 6.13. The average Bonchev–Trinajstić information content (AvgIpc) is 2.86. The van der Waals surface area contributed by atoms with Gasteiger partial charge in [0.15, 0.2) is 11.6 Å². The Hall–Kier alpha value is -1.75. The standard InChI is InChI=1S/C15H19F2N3/c1-3-11-9-15(20(4-2)19-11)14(18)8-10-5-6-12(16)13(17)7-10/h5-7,9,14H,3-4,8,18H2,1-2H3. The van der Waals surface area contributed by atoms with E-state index in [1.807, 2.05) is 24.6 Å². The van der Waals surface area contributed by atoms with E-state index in [1.165, 1.54) is 6.07 Å². The van der Waals surface area contributed by atoms with E-state index in [0.717, 1.165) is 30.4 Å². The van der Waals surface area contributed by atoms with Crippen LogP contribution in [-0.2, 0) is 19.4 Å². The fraction of sp³-hybridized carbons (Fsp3) is 0.400. The monoisotopic (exact) mass is 279 g/mol. The van der Waals surface area contributed by atoms with Crippen LogP contribution in [0.3, 0.4) is 0 Å². The van der Waals surface area contributed by atoms with Crippen molar-refractivity contribution in [1.82, 2.24) is 9.78 Å². The smallest absolute Gasteiger partial charge is 0.159 e. The second-order valence-electron chi connectivity index (χ2n) is 4.79. The van der Waals surface area contributed by atoms with Crippen molar-refractivity contribution < 1.29 is 8.78 Å². The van der Waals surface area contributed by atoms with Crippen molar-refractivity contribution in [2.24, 2.45) is 5.73 Å². The highest BCUT2D eigenvalue weighted by Gasteiger charge is 2.15. The minimum Gasteiger partial charge on any atom is -0.322 e. The van der Waals surface area contributed by atoms with Crippen molar-refractivity contribution in [2.75, 3.05) is 0 Å². The summed E-state index contributed by atoms with van der Waals surface area (Å²) in [6.45, 7) is 4.77. The van der Waals surface area contributed by atoms with Gasteiger partial charge < -0.3 is 5.73 Å². The molecule has 0 radical (unpaired) electrons. The van der Waals surface area contributed by atoms with E-state index >= 15 is 0 Å². The SMILES string of the molecule is CCc1cc(C(N)Cc2ccc(F)c(F)c2)n(CC)n1. The van der Waals surface area contributed by atoms with Crippen LogP contribution in [-0.4, -0.2) is 9.78 Å². The summed E-state index contributed by atoms with van der Waals surface area (Å²) in [5.41, 5.74) is 8.78. The zero-order valence-electron chi connectivity index (χ0n) is 11.7. The molecule has 0 aliphatic rings. The van der Waals surface area contributed by atoms with Gasteiger partial charge in [-0.15, -0.1) is 0 Å². The highest BCUT2D eigenvalue weighted by molar-refractivity contribution is 5.22. The molecular weight excluding hydrogens is 260 g/mol. The lowest BCUT2D eigenvalue weighted by atomic mass is 10.0. The van der Waals surface area contributed by atoms with Crippen molar-refractivity contribution in [3.8, 4) is 0 Å². The molecule has 0 bridgehead atoms. The van der Waals surface area contributed by atoms with Crippen molar-refractivity contribution in [2.45, 2.75) is 39.3 Å². The summed E-state index contributed by atoms with van der Waals surface area (Å²) in [6, 6.07) is 5.58. The maximum absolute atomic E-state index is 13.2. The molecule has 1 atom stereocenters. The maximum atomic E-state index is 13.2. The summed E-state index contributed by atoms with van der Waals surface area (Å²) in [6.07, 6.45) is 1.30. The van der Waals surface area contributed by atoms with Crippen LogP contribution in [0.15, 0.2) is 24.3 Å². The van der Waals surface area contributed by atoms with Crippen molar-refractivity contribution in [3.63, 3.8) is 0 Å². The predicted octanol–water partition coefficient (Wildman–Crippen LogP) is 2.99. The summed E-state index contributed by atoms with van der Waals surface area (Å²) < 4.78 is 28.0. The van der Waals surface area contributed by atoms with Crippen LogP contribution in [0.5, 0.6) is 0 Å². The van der Waals surface area contributed by atoms with Crippen LogP contribution >= 0.6 is 0 Å². The van der Waals surface area contributed by atoms with Gasteiger partial charge in [-0.05, 0) is 43.5 Å². The first kappa shape index (κ1) is 14.7.